The molecule has 1 unspecified atom stereocenters. The zero-order valence-electron chi connectivity index (χ0n) is 8.39. The highest BCUT2D eigenvalue weighted by atomic mass is 32.1. The van der Waals surface area contributed by atoms with Crippen LogP contribution < -0.4 is 10.6 Å². The van der Waals surface area contributed by atoms with Gasteiger partial charge in [-0.05, 0) is 43.3 Å². The molecule has 2 N–H and O–H groups in total. The van der Waals surface area contributed by atoms with E-state index in [4.69, 9.17) is 12.2 Å². The van der Waals surface area contributed by atoms with Crippen molar-refractivity contribution in [1.29, 1.82) is 0 Å². The van der Waals surface area contributed by atoms with Gasteiger partial charge in [-0.15, -0.1) is 0 Å². The van der Waals surface area contributed by atoms with Gasteiger partial charge in [-0.3, -0.25) is 0 Å². The van der Waals surface area contributed by atoms with Crippen molar-refractivity contribution in [2.24, 2.45) is 5.41 Å². The lowest BCUT2D eigenvalue weighted by atomic mass is 9.93. The predicted molar refractivity (Wildman–Crippen MR) is 58.7 cm³/mol. The monoisotopic (exact) mass is 198 g/mol. The minimum atomic E-state index is 0.464. The van der Waals surface area contributed by atoms with Crippen molar-refractivity contribution >= 4 is 17.3 Å². The van der Waals surface area contributed by atoms with E-state index in [1.165, 1.54) is 25.7 Å². The maximum atomic E-state index is 5.23. The zero-order valence-corrected chi connectivity index (χ0v) is 9.21. The quantitative estimate of drug-likeness (QED) is 0.662. The van der Waals surface area contributed by atoms with Crippen LogP contribution in [0, 0.1) is 5.41 Å². The molecule has 0 amide bonds. The summed E-state index contributed by atoms with van der Waals surface area (Å²) in [7, 11) is 0. The van der Waals surface area contributed by atoms with Gasteiger partial charge in [-0.1, -0.05) is 13.8 Å². The lowest BCUT2D eigenvalue weighted by Crippen LogP contribution is -2.46. The normalized spacial score (nSPS) is 30.5. The molecule has 0 saturated heterocycles. The molecule has 0 aromatic heterocycles. The Morgan fingerprint density at radius 2 is 1.92 bits per heavy atom. The van der Waals surface area contributed by atoms with Crippen molar-refractivity contribution in [3.63, 3.8) is 0 Å². The number of rotatable bonds is 2. The highest BCUT2D eigenvalue weighted by Gasteiger charge is 2.46. The van der Waals surface area contributed by atoms with Gasteiger partial charge in [0.05, 0.1) is 0 Å². The average molecular weight is 198 g/mol. The molecule has 0 radical (unpaired) electrons. The third kappa shape index (κ3) is 2.13. The van der Waals surface area contributed by atoms with E-state index in [9.17, 15) is 0 Å². The second kappa shape index (κ2) is 3.12. The Labute approximate surface area is 85.5 Å². The molecule has 3 heteroatoms. The molecule has 74 valence electrons. The topological polar surface area (TPSA) is 24.1 Å². The van der Waals surface area contributed by atoms with E-state index >= 15 is 0 Å². The average Bonchev–Trinajstić information content (AvgIpc) is 2.50. The van der Waals surface area contributed by atoms with Crippen LogP contribution in [0.3, 0.4) is 0 Å². The first-order valence-corrected chi connectivity index (χ1v) is 5.56. The molecular weight excluding hydrogens is 180 g/mol. The van der Waals surface area contributed by atoms with E-state index < -0.39 is 0 Å². The Morgan fingerprint density at radius 3 is 2.31 bits per heavy atom. The minimum absolute atomic E-state index is 0.464. The van der Waals surface area contributed by atoms with Crippen molar-refractivity contribution in [1.82, 2.24) is 10.6 Å². The molecule has 0 spiro atoms. The fourth-order valence-electron chi connectivity index (χ4n) is 1.65. The Morgan fingerprint density at radius 1 is 1.31 bits per heavy atom. The summed E-state index contributed by atoms with van der Waals surface area (Å²) < 4.78 is 0. The molecule has 2 fully saturated rings. The standard InChI is InChI=1S/C10H18N2S/c1-10(2)6-8(10)12-9(13)11-7-4-3-5-7/h7-8H,3-6H2,1-2H3,(H2,11,12,13). The Bertz CT molecular complexity index is 221. The van der Waals surface area contributed by atoms with Crippen LogP contribution in [-0.2, 0) is 0 Å². The maximum Gasteiger partial charge on any atom is 0.166 e. The fraction of sp³-hybridized carbons (Fsp3) is 0.900. The molecule has 0 aromatic rings. The summed E-state index contributed by atoms with van der Waals surface area (Å²) in [6.45, 7) is 4.55. The van der Waals surface area contributed by atoms with Crippen LogP contribution in [0.15, 0.2) is 0 Å². The van der Waals surface area contributed by atoms with Crippen molar-refractivity contribution < 1.29 is 0 Å². The lowest BCUT2D eigenvalue weighted by Gasteiger charge is -2.28. The molecule has 2 aliphatic carbocycles. The Kier molecular flexibility index (Phi) is 2.22. The number of nitrogens with one attached hydrogen (secondary N) is 2. The molecule has 0 aliphatic heterocycles. The van der Waals surface area contributed by atoms with E-state index in [2.05, 4.69) is 24.5 Å². The molecule has 2 rings (SSSR count). The van der Waals surface area contributed by atoms with Gasteiger partial charge in [-0.2, -0.15) is 0 Å². The van der Waals surface area contributed by atoms with Gasteiger partial charge < -0.3 is 10.6 Å². The van der Waals surface area contributed by atoms with Crippen LogP contribution in [0.1, 0.15) is 39.5 Å². The van der Waals surface area contributed by atoms with Crippen LogP contribution in [0.25, 0.3) is 0 Å². The largest absolute Gasteiger partial charge is 0.360 e. The smallest absolute Gasteiger partial charge is 0.166 e. The maximum absolute atomic E-state index is 5.23. The van der Waals surface area contributed by atoms with Gasteiger partial charge in [0.15, 0.2) is 5.11 Å². The second-order valence-corrected chi connectivity index (χ2v) is 5.40. The van der Waals surface area contributed by atoms with Crippen molar-refractivity contribution in [3.05, 3.63) is 0 Å². The fourth-order valence-corrected chi connectivity index (χ4v) is 1.96. The van der Waals surface area contributed by atoms with Crippen molar-refractivity contribution in [2.45, 2.75) is 51.6 Å². The van der Waals surface area contributed by atoms with Gasteiger partial charge >= 0.3 is 0 Å². The predicted octanol–water partition coefficient (Wildman–Crippen LogP) is 1.80. The SMILES string of the molecule is CC1(C)CC1NC(=S)NC1CCC1. The molecule has 2 aliphatic rings. The first-order valence-electron chi connectivity index (χ1n) is 5.15. The van der Waals surface area contributed by atoms with Gasteiger partial charge in [-0.25, -0.2) is 0 Å². The van der Waals surface area contributed by atoms with Crippen LogP contribution in [0.5, 0.6) is 0 Å². The van der Waals surface area contributed by atoms with Gasteiger partial charge in [0.25, 0.3) is 0 Å². The molecule has 13 heavy (non-hydrogen) atoms. The third-order valence-corrected chi connectivity index (χ3v) is 3.49. The summed E-state index contributed by atoms with van der Waals surface area (Å²) in [5, 5.41) is 7.57. The molecule has 0 bridgehead atoms. The first kappa shape index (κ1) is 9.25. The number of thiocarbonyl (C=S) groups is 1. The molecule has 2 saturated carbocycles. The Balaban J connectivity index is 1.67. The molecule has 2 nitrogen and oxygen atoms in total. The lowest BCUT2D eigenvalue weighted by molar-refractivity contribution is 0.381. The third-order valence-electron chi connectivity index (χ3n) is 3.26. The zero-order chi connectivity index (χ0) is 9.47. The summed E-state index contributed by atoms with van der Waals surface area (Å²) in [6.07, 6.45) is 5.18. The molecular formula is C10H18N2S. The molecule has 0 heterocycles. The van der Waals surface area contributed by atoms with E-state index in [1.54, 1.807) is 0 Å². The molecule has 1 atom stereocenters. The van der Waals surface area contributed by atoms with Crippen LogP contribution in [0.4, 0.5) is 0 Å². The van der Waals surface area contributed by atoms with E-state index in [0.29, 0.717) is 17.5 Å². The summed E-state index contributed by atoms with van der Waals surface area (Å²) in [6, 6.07) is 1.26. The first-order chi connectivity index (χ1) is 6.08. The molecule has 0 aromatic carbocycles. The van der Waals surface area contributed by atoms with E-state index in [-0.39, 0.29) is 0 Å². The summed E-state index contributed by atoms with van der Waals surface area (Å²) in [4.78, 5) is 0. The highest BCUT2D eigenvalue weighted by molar-refractivity contribution is 7.80. The van der Waals surface area contributed by atoms with Gasteiger partial charge in [0.1, 0.15) is 0 Å². The number of hydrogen-bond acceptors (Lipinski definition) is 1. The van der Waals surface area contributed by atoms with Gasteiger partial charge in [0.2, 0.25) is 0 Å². The van der Waals surface area contributed by atoms with Gasteiger partial charge in [0, 0.05) is 12.1 Å². The van der Waals surface area contributed by atoms with E-state index in [0.717, 1.165) is 5.11 Å². The Hall–Kier alpha value is -0.310. The van der Waals surface area contributed by atoms with Crippen molar-refractivity contribution in [3.8, 4) is 0 Å². The number of hydrogen-bond donors (Lipinski definition) is 2. The summed E-state index contributed by atoms with van der Waals surface area (Å²) in [5.74, 6) is 0. The van der Waals surface area contributed by atoms with Crippen LogP contribution in [0.2, 0.25) is 0 Å². The highest BCUT2D eigenvalue weighted by Crippen LogP contribution is 2.44. The van der Waals surface area contributed by atoms with E-state index in [1.807, 2.05) is 0 Å². The summed E-state index contributed by atoms with van der Waals surface area (Å²) >= 11 is 5.23. The summed E-state index contributed by atoms with van der Waals surface area (Å²) in [5.41, 5.74) is 0.464. The van der Waals surface area contributed by atoms with Crippen LogP contribution in [-0.4, -0.2) is 17.2 Å². The van der Waals surface area contributed by atoms with Crippen LogP contribution >= 0.6 is 12.2 Å². The minimum Gasteiger partial charge on any atom is -0.360 e. The second-order valence-electron chi connectivity index (χ2n) is 4.99. The van der Waals surface area contributed by atoms with Crippen molar-refractivity contribution in [2.75, 3.05) is 0 Å².